The van der Waals surface area contributed by atoms with Crippen molar-refractivity contribution in [2.75, 3.05) is 6.61 Å². The monoisotopic (exact) mass is 310 g/mol. The SMILES string of the molecule is C=CCCO[C@@H](c1ccccc1)C(C)(C)[C@@H](O)c1ccccc1. The van der Waals surface area contributed by atoms with Gasteiger partial charge in [-0.2, -0.15) is 0 Å². The van der Waals surface area contributed by atoms with E-state index >= 15 is 0 Å². The van der Waals surface area contributed by atoms with E-state index in [1.54, 1.807) is 0 Å². The van der Waals surface area contributed by atoms with Gasteiger partial charge in [0.2, 0.25) is 0 Å². The van der Waals surface area contributed by atoms with Crippen LogP contribution in [0, 0.1) is 5.41 Å². The lowest BCUT2D eigenvalue weighted by atomic mass is 9.75. The minimum Gasteiger partial charge on any atom is -0.388 e. The van der Waals surface area contributed by atoms with E-state index in [-0.39, 0.29) is 6.10 Å². The highest BCUT2D eigenvalue weighted by atomic mass is 16.5. The predicted molar refractivity (Wildman–Crippen MR) is 95.1 cm³/mol. The molecule has 0 saturated heterocycles. The van der Waals surface area contributed by atoms with E-state index in [1.807, 2.05) is 54.6 Å². The molecule has 0 fully saturated rings. The van der Waals surface area contributed by atoms with E-state index < -0.39 is 11.5 Å². The molecule has 2 aromatic rings. The first-order valence-corrected chi connectivity index (χ1v) is 8.08. The number of hydrogen-bond donors (Lipinski definition) is 1. The van der Waals surface area contributed by atoms with Crippen molar-refractivity contribution in [3.63, 3.8) is 0 Å². The molecule has 0 radical (unpaired) electrons. The van der Waals surface area contributed by atoms with Crippen molar-refractivity contribution in [1.82, 2.24) is 0 Å². The van der Waals surface area contributed by atoms with Gasteiger partial charge < -0.3 is 9.84 Å². The molecule has 0 aliphatic heterocycles. The lowest BCUT2D eigenvalue weighted by Gasteiger charge is -2.38. The van der Waals surface area contributed by atoms with Gasteiger partial charge >= 0.3 is 0 Å². The fourth-order valence-corrected chi connectivity index (χ4v) is 2.85. The number of aliphatic hydroxyl groups excluding tert-OH is 1. The predicted octanol–water partition coefficient (Wildman–Crippen LogP) is 5.08. The zero-order valence-corrected chi connectivity index (χ0v) is 14.0. The molecule has 122 valence electrons. The second kappa shape index (κ2) is 8.09. The van der Waals surface area contributed by atoms with Crippen LogP contribution in [0.3, 0.4) is 0 Å². The molecule has 0 saturated carbocycles. The number of aliphatic hydroxyl groups is 1. The first-order chi connectivity index (χ1) is 11.1. The second-order valence-electron chi connectivity index (χ2n) is 6.37. The van der Waals surface area contributed by atoms with Gasteiger partial charge in [0.25, 0.3) is 0 Å². The van der Waals surface area contributed by atoms with Gasteiger partial charge in [0.05, 0.1) is 18.8 Å². The Balaban J connectivity index is 2.30. The van der Waals surface area contributed by atoms with Crippen LogP contribution in [-0.2, 0) is 4.74 Å². The van der Waals surface area contributed by atoms with Gasteiger partial charge in [0.1, 0.15) is 0 Å². The highest BCUT2D eigenvalue weighted by molar-refractivity contribution is 5.24. The Morgan fingerprint density at radius 1 is 1.00 bits per heavy atom. The Morgan fingerprint density at radius 3 is 2.04 bits per heavy atom. The van der Waals surface area contributed by atoms with Gasteiger partial charge in [0.15, 0.2) is 0 Å². The molecule has 2 rings (SSSR count). The second-order valence-corrected chi connectivity index (χ2v) is 6.37. The molecule has 0 aliphatic rings. The summed E-state index contributed by atoms with van der Waals surface area (Å²) in [4.78, 5) is 0. The molecular formula is C21H26O2. The van der Waals surface area contributed by atoms with Crippen molar-refractivity contribution in [2.24, 2.45) is 5.41 Å². The molecule has 0 unspecified atom stereocenters. The van der Waals surface area contributed by atoms with Gasteiger partial charge in [-0.1, -0.05) is 80.6 Å². The van der Waals surface area contributed by atoms with E-state index in [1.165, 1.54) is 0 Å². The number of benzene rings is 2. The summed E-state index contributed by atoms with van der Waals surface area (Å²) in [6.45, 7) is 8.44. The van der Waals surface area contributed by atoms with Gasteiger partial charge in [0, 0.05) is 5.41 Å². The fraction of sp³-hybridized carbons (Fsp3) is 0.333. The molecule has 0 bridgehead atoms. The third-order valence-corrected chi connectivity index (χ3v) is 4.20. The van der Waals surface area contributed by atoms with Crippen LogP contribution in [-0.4, -0.2) is 11.7 Å². The summed E-state index contributed by atoms with van der Waals surface area (Å²) in [5.74, 6) is 0. The molecule has 23 heavy (non-hydrogen) atoms. The normalized spacial score (nSPS) is 14.2. The van der Waals surface area contributed by atoms with Crippen molar-refractivity contribution in [1.29, 1.82) is 0 Å². The molecule has 0 amide bonds. The fourth-order valence-electron chi connectivity index (χ4n) is 2.85. The van der Waals surface area contributed by atoms with E-state index in [2.05, 4.69) is 32.6 Å². The third kappa shape index (κ3) is 4.31. The van der Waals surface area contributed by atoms with E-state index in [0.717, 1.165) is 17.5 Å². The summed E-state index contributed by atoms with van der Waals surface area (Å²) >= 11 is 0. The lowest BCUT2D eigenvalue weighted by Crippen LogP contribution is -2.31. The number of hydrogen-bond acceptors (Lipinski definition) is 2. The van der Waals surface area contributed by atoms with Crippen LogP contribution >= 0.6 is 0 Å². The highest BCUT2D eigenvalue weighted by Crippen LogP contribution is 2.45. The first-order valence-electron chi connectivity index (χ1n) is 8.08. The Morgan fingerprint density at radius 2 is 1.52 bits per heavy atom. The Labute approximate surface area is 139 Å². The van der Waals surface area contributed by atoms with Gasteiger partial charge in [-0.15, -0.1) is 6.58 Å². The van der Waals surface area contributed by atoms with E-state index in [9.17, 15) is 5.11 Å². The highest BCUT2D eigenvalue weighted by Gasteiger charge is 2.39. The quantitative estimate of drug-likeness (QED) is 0.544. The molecule has 2 aromatic carbocycles. The standard InChI is InChI=1S/C21H26O2/c1-4-5-16-23-20(18-14-10-7-11-15-18)21(2,3)19(22)17-12-8-6-9-13-17/h4,6-15,19-20,22H,1,5,16H2,2-3H3/t19-,20-/m0/s1. The maximum absolute atomic E-state index is 10.9. The van der Waals surface area contributed by atoms with Gasteiger partial charge in [-0.05, 0) is 17.5 Å². The molecule has 0 aromatic heterocycles. The van der Waals surface area contributed by atoms with Crippen molar-refractivity contribution in [3.05, 3.63) is 84.4 Å². The molecule has 2 atom stereocenters. The van der Waals surface area contributed by atoms with Crippen molar-refractivity contribution < 1.29 is 9.84 Å². The van der Waals surface area contributed by atoms with Crippen LogP contribution in [0.4, 0.5) is 0 Å². The number of rotatable bonds is 8. The Hall–Kier alpha value is -1.90. The molecule has 2 heteroatoms. The Bertz CT molecular complexity index is 590. The summed E-state index contributed by atoms with van der Waals surface area (Å²) in [5, 5.41) is 10.9. The van der Waals surface area contributed by atoms with Crippen LogP contribution in [0.25, 0.3) is 0 Å². The summed E-state index contributed by atoms with van der Waals surface area (Å²) in [6, 6.07) is 19.9. The van der Waals surface area contributed by atoms with Crippen LogP contribution in [0.15, 0.2) is 73.3 Å². The molecule has 0 spiro atoms. The average molecular weight is 310 g/mol. The molecule has 0 aliphatic carbocycles. The summed E-state index contributed by atoms with van der Waals surface area (Å²) in [5.41, 5.74) is 1.52. The maximum atomic E-state index is 10.9. The van der Waals surface area contributed by atoms with Crippen LogP contribution in [0.2, 0.25) is 0 Å². The molecule has 2 nitrogen and oxygen atoms in total. The molecule has 0 heterocycles. The maximum Gasteiger partial charge on any atom is 0.0904 e. The van der Waals surface area contributed by atoms with E-state index in [4.69, 9.17) is 4.74 Å². The van der Waals surface area contributed by atoms with Gasteiger partial charge in [-0.3, -0.25) is 0 Å². The van der Waals surface area contributed by atoms with Crippen LogP contribution in [0.1, 0.15) is 43.6 Å². The van der Waals surface area contributed by atoms with Crippen molar-refractivity contribution in [2.45, 2.75) is 32.5 Å². The smallest absolute Gasteiger partial charge is 0.0904 e. The topological polar surface area (TPSA) is 29.5 Å². The van der Waals surface area contributed by atoms with Crippen molar-refractivity contribution >= 4 is 0 Å². The van der Waals surface area contributed by atoms with Crippen molar-refractivity contribution in [3.8, 4) is 0 Å². The van der Waals surface area contributed by atoms with Crippen LogP contribution in [0.5, 0.6) is 0 Å². The zero-order valence-electron chi connectivity index (χ0n) is 14.0. The number of ether oxygens (including phenoxy) is 1. The molecule has 1 N–H and O–H groups in total. The van der Waals surface area contributed by atoms with Crippen LogP contribution < -0.4 is 0 Å². The molecular weight excluding hydrogens is 284 g/mol. The van der Waals surface area contributed by atoms with Gasteiger partial charge in [-0.25, -0.2) is 0 Å². The Kier molecular flexibility index (Phi) is 6.14. The largest absolute Gasteiger partial charge is 0.388 e. The summed E-state index contributed by atoms with van der Waals surface area (Å²) < 4.78 is 6.14. The zero-order chi connectivity index (χ0) is 16.7. The minimum atomic E-state index is -0.613. The lowest BCUT2D eigenvalue weighted by molar-refractivity contribution is -0.0888. The van der Waals surface area contributed by atoms with E-state index in [0.29, 0.717) is 6.61 Å². The average Bonchev–Trinajstić information content (AvgIpc) is 2.59. The minimum absolute atomic E-state index is 0.196. The summed E-state index contributed by atoms with van der Waals surface area (Å²) in [6.07, 6.45) is 1.83. The first kappa shape index (κ1) is 17.5. The third-order valence-electron chi connectivity index (χ3n) is 4.20. The summed E-state index contributed by atoms with van der Waals surface area (Å²) in [7, 11) is 0.